The predicted molar refractivity (Wildman–Crippen MR) is 89.9 cm³/mol. The molecule has 0 aromatic heterocycles. The van der Waals surface area contributed by atoms with E-state index >= 15 is 0 Å². The fraction of sp³-hybridized carbons (Fsp3) is 0.526. The summed E-state index contributed by atoms with van der Waals surface area (Å²) < 4.78 is 13.7. The molecule has 0 aliphatic rings. The van der Waals surface area contributed by atoms with Crippen LogP contribution < -0.4 is 0 Å². The molecule has 0 radical (unpaired) electrons. The van der Waals surface area contributed by atoms with Gasteiger partial charge in [-0.25, -0.2) is 4.39 Å². The minimum Gasteiger partial charge on any atom is -0.298 e. The van der Waals surface area contributed by atoms with Crippen molar-refractivity contribution in [3.63, 3.8) is 0 Å². The first-order valence-electron chi connectivity index (χ1n) is 7.80. The molecule has 0 saturated carbocycles. The first-order chi connectivity index (χ1) is 10.0. The van der Waals surface area contributed by atoms with Crippen LogP contribution in [0.3, 0.4) is 0 Å². The number of aldehydes is 1. The van der Waals surface area contributed by atoms with Gasteiger partial charge in [0.05, 0.1) is 0 Å². The summed E-state index contributed by atoms with van der Waals surface area (Å²) in [6.45, 7) is 9.41. The van der Waals surface area contributed by atoms with E-state index in [-0.39, 0.29) is 5.83 Å². The predicted octanol–water partition coefficient (Wildman–Crippen LogP) is 6.24. The Balaban J connectivity index is 4.00. The van der Waals surface area contributed by atoms with E-state index in [1.165, 1.54) is 11.6 Å². The molecule has 2 heteroatoms. The second-order valence-electron chi connectivity index (χ2n) is 5.62. The van der Waals surface area contributed by atoms with Crippen molar-refractivity contribution in [3.8, 4) is 0 Å². The molecule has 21 heavy (non-hydrogen) atoms. The Kier molecular flexibility index (Phi) is 11.5. The number of carbonyl (C=O) groups excluding carboxylic acids is 1. The van der Waals surface area contributed by atoms with Crippen molar-refractivity contribution in [2.45, 2.75) is 65.7 Å². The topological polar surface area (TPSA) is 17.1 Å². The van der Waals surface area contributed by atoms with Gasteiger partial charge in [-0.3, -0.25) is 4.79 Å². The molecule has 0 aliphatic heterocycles. The van der Waals surface area contributed by atoms with Gasteiger partial charge in [0.15, 0.2) is 0 Å². The molecule has 0 fully saturated rings. The Bertz CT molecular complexity index is 409. The monoisotopic (exact) mass is 292 g/mol. The van der Waals surface area contributed by atoms with Gasteiger partial charge < -0.3 is 0 Å². The lowest BCUT2D eigenvalue weighted by Crippen LogP contribution is -1.88. The van der Waals surface area contributed by atoms with Gasteiger partial charge in [0.25, 0.3) is 0 Å². The van der Waals surface area contributed by atoms with Gasteiger partial charge in [0.1, 0.15) is 12.1 Å². The molecule has 0 aliphatic carbocycles. The van der Waals surface area contributed by atoms with Gasteiger partial charge in [0, 0.05) is 0 Å². The maximum atomic E-state index is 13.7. The Morgan fingerprint density at radius 3 is 2.10 bits per heavy atom. The Morgan fingerprint density at radius 2 is 1.57 bits per heavy atom. The van der Waals surface area contributed by atoms with E-state index in [0.717, 1.165) is 56.8 Å². The molecule has 0 bridgehead atoms. The molecular formula is C19H29FO. The maximum Gasteiger partial charge on any atom is 0.145 e. The summed E-state index contributed by atoms with van der Waals surface area (Å²) in [4.78, 5) is 10.4. The van der Waals surface area contributed by atoms with Gasteiger partial charge in [-0.15, -0.1) is 0 Å². The third-order valence-corrected chi connectivity index (χ3v) is 3.29. The largest absolute Gasteiger partial charge is 0.298 e. The van der Waals surface area contributed by atoms with Crippen LogP contribution in [-0.2, 0) is 4.79 Å². The van der Waals surface area contributed by atoms with Crippen LogP contribution >= 0.6 is 0 Å². The third-order valence-electron chi connectivity index (χ3n) is 3.29. The zero-order valence-electron chi connectivity index (χ0n) is 13.8. The fourth-order valence-electron chi connectivity index (χ4n) is 1.99. The lowest BCUT2D eigenvalue weighted by Gasteiger charge is -2.05. The summed E-state index contributed by atoms with van der Waals surface area (Å²) in [7, 11) is 0. The van der Waals surface area contributed by atoms with Crippen molar-refractivity contribution < 1.29 is 9.18 Å². The van der Waals surface area contributed by atoms with E-state index in [4.69, 9.17) is 0 Å². The summed E-state index contributed by atoms with van der Waals surface area (Å²) in [5.74, 6) is -0.116. The van der Waals surface area contributed by atoms with Crippen LogP contribution in [0.1, 0.15) is 65.7 Å². The van der Waals surface area contributed by atoms with E-state index in [2.05, 4.69) is 6.58 Å². The smallest absolute Gasteiger partial charge is 0.145 e. The van der Waals surface area contributed by atoms with E-state index in [9.17, 15) is 9.18 Å². The van der Waals surface area contributed by atoms with Crippen LogP contribution in [0.25, 0.3) is 0 Å². The van der Waals surface area contributed by atoms with Gasteiger partial charge >= 0.3 is 0 Å². The SMILES string of the molecule is C=C(C=O)CCCCCCCC(=C/C=C(C)C)/C(F)=C/C. The summed E-state index contributed by atoms with van der Waals surface area (Å²) in [6.07, 6.45) is 13.1. The first-order valence-corrected chi connectivity index (χ1v) is 7.80. The molecule has 0 N–H and O–H groups in total. The van der Waals surface area contributed by atoms with Crippen LogP contribution in [0.2, 0.25) is 0 Å². The van der Waals surface area contributed by atoms with Crippen LogP contribution in [0.5, 0.6) is 0 Å². The summed E-state index contributed by atoms with van der Waals surface area (Å²) in [6, 6.07) is 0. The zero-order chi connectivity index (χ0) is 16.1. The molecule has 0 amide bonds. The number of hydrogen-bond donors (Lipinski definition) is 0. The highest BCUT2D eigenvalue weighted by Gasteiger charge is 2.02. The summed E-state index contributed by atoms with van der Waals surface area (Å²) >= 11 is 0. The highest BCUT2D eigenvalue weighted by atomic mass is 19.1. The lowest BCUT2D eigenvalue weighted by molar-refractivity contribution is -0.105. The van der Waals surface area contributed by atoms with E-state index in [1.807, 2.05) is 26.0 Å². The Labute approximate surface area is 129 Å². The van der Waals surface area contributed by atoms with Crippen molar-refractivity contribution in [2.75, 3.05) is 0 Å². The van der Waals surface area contributed by atoms with Crippen molar-refractivity contribution in [1.29, 1.82) is 0 Å². The summed E-state index contributed by atoms with van der Waals surface area (Å²) in [5.41, 5.74) is 2.64. The molecule has 0 aromatic carbocycles. The third kappa shape index (κ3) is 10.9. The summed E-state index contributed by atoms with van der Waals surface area (Å²) in [5, 5.41) is 0. The molecule has 118 valence electrons. The van der Waals surface area contributed by atoms with Crippen molar-refractivity contribution in [2.24, 2.45) is 0 Å². The maximum absolute atomic E-state index is 13.7. The molecule has 0 spiro atoms. The minimum atomic E-state index is -0.116. The van der Waals surface area contributed by atoms with Gasteiger partial charge in [-0.2, -0.15) is 0 Å². The number of halogens is 1. The number of unbranched alkanes of at least 4 members (excludes halogenated alkanes) is 4. The highest BCUT2D eigenvalue weighted by Crippen LogP contribution is 2.20. The number of carbonyl (C=O) groups is 1. The number of allylic oxidation sites excluding steroid dienone is 7. The standard InChI is InChI=1S/C19H29FO/c1-5-19(20)18(14-13-16(2)3)12-10-8-6-7-9-11-17(4)15-21/h5,13-15H,4,6-12H2,1-3H3/b18-14-,19-5-. The van der Waals surface area contributed by atoms with Crippen molar-refractivity contribution in [3.05, 3.63) is 47.4 Å². The van der Waals surface area contributed by atoms with E-state index in [0.29, 0.717) is 5.57 Å². The zero-order valence-corrected chi connectivity index (χ0v) is 13.8. The molecule has 0 aromatic rings. The number of hydrogen-bond acceptors (Lipinski definition) is 1. The molecular weight excluding hydrogens is 263 g/mol. The second kappa shape index (κ2) is 12.3. The van der Waals surface area contributed by atoms with Crippen LogP contribution in [0.4, 0.5) is 4.39 Å². The molecule has 0 saturated heterocycles. The van der Waals surface area contributed by atoms with Crippen LogP contribution in [0, 0.1) is 0 Å². The first kappa shape index (κ1) is 19.6. The normalized spacial score (nSPS) is 12.2. The van der Waals surface area contributed by atoms with Crippen LogP contribution in [-0.4, -0.2) is 6.29 Å². The van der Waals surface area contributed by atoms with Gasteiger partial charge in [0.2, 0.25) is 0 Å². The number of rotatable bonds is 11. The average molecular weight is 292 g/mol. The molecule has 0 atom stereocenters. The average Bonchev–Trinajstić information content (AvgIpc) is 2.47. The van der Waals surface area contributed by atoms with Gasteiger partial charge in [-0.1, -0.05) is 49.6 Å². The van der Waals surface area contributed by atoms with Gasteiger partial charge in [-0.05, 0) is 57.6 Å². The van der Waals surface area contributed by atoms with Crippen molar-refractivity contribution >= 4 is 6.29 Å². The lowest BCUT2D eigenvalue weighted by atomic mass is 10.0. The quantitative estimate of drug-likeness (QED) is 0.191. The fourth-order valence-corrected chi connectivity index (χ4v) is 1.99. The Morgan fingerprint density at radius 1 is 1.00 bits per heavy atom. The highest BCUT2D eigenvalue weighted by molar-refractivity contribution is 5.71. The van der Waals surface area contributed by atoms with E-state index < -0.39 is 0 Å². The molecule has 0 rings (SSSR count). The van der Waals surface area contributed by atoms with Crippen molar-refractivity contribution in [1.82, 2.24) is 0 Å². The molecule has 0 unspecified atom stereocenters. The molecule has 1 nitrogen and oxygen atoms in total. The van der Waals surface area contributed by atoms with Crippen LogP contribution in [0.15, 0.2) is 47.4 Å². The second-order valence-corrected chi connectivity index (χ2v) is 5.62. The van der Waals surface area contributed by atoms with E-state index in [1.54, 1.807) is 6.92 Å². The minimum absolute atomic E-state index is 0.116. The molecule has 0 heterocycles. The Hall–Kier alpha value is -1.44.